The largest absolute Gasteiger partial charge is 0.411 e. The summed E-state index contributed by atoms with van der Waals surface area (Å²) in [6, 6.07) is 17.5. The lowest BCUT2D eigenvalue weighted by atomic mass is 10.1. The van der Waals surface area contributed by atoms with E-state index >= 15 is 0 Å². The molecule has 0 aliphatic carbocycles. The lowest BCUT2D eigenvalue weighted by Gasteiger charge is -2.31. The number of H-pyrrole nitrogens is 2. The van der Waals surface area contributed by atoms with Crippen LogP contribution in [0.5, 0.6) is 0 Å². The van der Waals surface area contributed by atoms with Crippen LogP contribution in [-0.2, 0) is 0 Å². The first-order chi connectivity index (χ1) is 17.2. The zero-order valence-electron chi connectivity index (χ0n) is 18.4. The van der Waals surface area contributed by atoms with Crippen LogP contribution in [0.2, 0.25) is 0 Å². The molecule has 6 rings (SSSR count). The number of carbonyl (C=O) groups is 1. The number of likely N-dealkylation sites (tertiary alicyclic amines) is 1. The van der Waals surface area contributed by atoms with E-state index in [-0.39, 0.29) is 5.91 Å². The summed E-state index contributed by atoms with van der Waals surface area (Å²) in [5, 5.41) is 23.0. The van der Waals surface area contributed by atoms with Crippen LogP contribution in [0.15, 0.2) is 78.3 Å². The van der Waals surface area contributed by atoms with Crippen LogP contribution < -0.4 is 5.32 Å². The Morgan fingerprint density at radius 2 is 1.86 bits per heavy atom. The molecule has 1 aliphatic rings. The maximum atomic E-state index is 12.6. The first-order valence-electron chi connectivity index (χ1n) is 11.0. The number of hydrogen-bond donors (Lipinski definition) is 4. The van der Waals surface area contributed by atoms with Gasteiger partial charge < -0.3 is 20.4 Å². The minimum Gasteiger partial charge on any atom is -0.411 e. The fourth-order valence-electron chi connectivity index (χ4n) is 4.02. The van der Waals surface area contributed by atoms with Gasteiger partial charge in [-0.05, 0) is 35.9 Å². The van der Waals surface area contributed by atoms with E-state index in [1.165, 1.54) is 0 Å². The van der Waals surface area contributed by atoms with Gasteiger partial charge in [-0.15, -0.1) is 0 Å². The Bertz CT molecular complexity index is 1550. The normalized spacial score (nSPS) is 13.0. The SMILES string of the molecule is O=C(c1cc2ccc(-c3nccc(Nc4ccc(-c5cn[nH]c5)cc4)n3)cc2[nH]1)N1CC(=NO)C1. The molecule has 4 N–H and O–H groups in total. The fraction of sp³-hybridized carbons (Fsp3) is 0.0800. The number of rotatable bonds is 5. The molecule has 4 heterocycles. The molecule has 0 unspecified atom stereocenters. The molecule has 0 saturated carbocycles. The number of nitrogens with one attached hydrogen (secondary N) is 3. The Morgan fingerprint density at radius 1 is 1.03 bits per heavy atom. The molecule has 35 heavy (non-hydrogen) atoms. The van der Waals surface area contributed by atoms with Gasteiger partial charge in [0, 0.05) is 40.1 Å². The average molecular weight is 464 g/mol. The van der Waals surface area contributed by atoms with Crippen LogP contribution >= 0.6 is 0 Å². The van der Waals surface area contributed by atoms with E-state index in [4.69, 9.17) is 5.21 Å². The van der Waals surface area contributed by atoms with E-state index in [0.29, 0.717) is 36.1 Å². The third kappa shape index (κ3) is 3.97. The van der Waals surface area contributed by atoms with E-state index in [0.717, 1.165) is 33.3 Å². The Morgan fingerprint density at radius 3 is 2.63 bits per heavy atom. The van der Waals surface area contributed by atoms with Crippen LogP contribution in [0, 0.1) is 0 Å². The van der Waals surface area contributed by atoms with Gasteiger partial charge in [-0.1, -0.05) is 29.4 Å². The molecule has 1 amide bonds. The maximum absolute atomic E-state index is 12.6. The monoisotopic (exact) mass is 464 g/mol. The topological polar surface area (TPSA) is 135 Å². The second kappa shape index (κ2) is 8.41. The van der Waals surface area contributed by atoms with Crippen molar-refractivity contribution in [2.45, 2.75) is 0 Å². The van der Waals surface area contributed by atoms with E-state index in [2.05, 4.69) is 35.6 Å². The minimum atomic E-state index is -0.128. The Labute approximate surface area is 199 Å². The number of hydrogen-bond acceptors (Lipinski definition) is 7. The summed E-state index contributed by atoms with van der Waals surface area (Å²) < 4.78 is 0. The number of nitrogens with zero attached hydrogens (tertiary/aromatic N) is 5. The van der Waals surface area contributed by atoms with Gasteiger partial charge in [-0.25, -0.2) is 9.97 Å². The van der Waals surface area contributed by atoms with Crippen LogP contribution in [0.25, 0.3) is 33.4 Å². The highest BCUT2D eigenvalue weighted by Crippen LogP contribution is 2.26. The predicted octanol–water partition coefficient (Wildman–Crippen LogP) is 4.04. The molecular weight excluding hydrogens is 444 g/mol. The van der Waals surface area contributed by atoms with E-state index in [1.807, 2.05) is 60.8 Å². The van der Waals surface area contributed by atoms with Crippen molar-refractivity contribution < 1.29 is 10.0 Å². The van der Waals surface area contributed by atoms with Crippen molar-refractivity contribution in [1.29, 1.82) is 0 Å². The van der Waals surface area contributed by atoms with Gasteiger partial charge in [0.2, 0.25) is 0 Å². The van der Waals surface area contributed by atoms with Gasteiger partial charge in [-0.3, -0.25) is 9.89 Å². The highest BCUT2D eigenvalue weighted by atomic mass is 16.4. The van der Waals surface area contributed by atoms with Crippen molar-refractivity contribution in [2.75, 3.05) is 18.4 Å². The number of amides is 1. The van der Waals surface area contributed by atoms with Gasteiger partial charge in [0.25, 0.3) is 5.91 Å². The number of fused-ring (bicyclic) bond motifs is 1. The second-order valence-corrected chi connectivity index (χ2v) is 8.27. The summed E-state index contributed by atoms with van der Waals surface area (Å²) in [4.78, 5) is 26.5. The highest BCUT2D eigenvalue weighted by molar-refractivity contribution is 6.06. The summed E-state index contributed by atoms with van der Waals surface area (Å²) in [6.45, 7) is 0.686. The number of benzene rings is 2. The van der Waals surface area contributed by atoms with Gasteiger partial charge in [0.1, 0.15) is 11.5 Å². The quantitative estimate of drug-likeness (QED) is 0.229. The molecular formula is C25H20N8O2. The summed E-state index contributed by atoms with van der Waals surface area (Å²) in [5.74, 6) is 1.12. The zero-order valence-corrected chi connectivity index (χ0v) is 18.4. The smallest absolute Gasteiger partial charge is 0.270 e. The van der Waals surface area contributed by atoms with Crippen LogP contribution in [0.1, 0.15) is 10.5 Å². The van der Waals surface area contributed by atoms with E-state index in [1.54, 1.807) is 17.3 Å². The molecule has 10 nitrogen and oxygen atoms in total. The van der Waals surface area contributed by atoms with Crippen molar-refractivity contribution >= 4 is 34.0 Å². The third-order valence-corrected chi connectivity index (χ3v) is 5.93. The maximum Gasteiger partial charge on any atom is 0.270 e. The number of oxime groups is 1. The standard InChI is InChI=1S/C25H20N8O2/c34-25(33-13-20(14-33)32-35)22-9-16-1-2-17(10-21(16)30-22)24-26-8-7-23(31-24)29-19-5-3-15(4-6-19)18-11-27-28-12-18/h1-12,30,35H,13-14H2,(H,27,28)(H,26,29,31). The molecule has 2 aromatic carbocycles. The summed E-state index contributed by atoms with van der Waals surface area (Å²) in [7, 11) is 0. The van der Waals surface area contributed by atoms with Crippen LogP contribution in [0.3, 0.4) is 0 Å². The summed E-state index contributed by atoms with van der Waals surface area (Å²) >= 11 is 0. The number of aromatic amines is 2. The van der Waals surface area contributed by atoms with Crippen molar-refractivity contribution in [3.8, 4) is 22.5 Å². The van der Waals surface area contributed by atoms with Crippen molar-refractivity contribution in [2.24, 2.45) is 5.16 Å². The molecule has 0 bridgehead atoms. The molecule has 0 atom stereocenters. The van der Waals surface area contributed by atoms with Gasteiger partial charge in [0.15, 0.2) is 5.82 Å². The lowest BCUT2D eigenvalue weighted by Crippen LogP contribution is -2.50. The highest BCUT2D eigenvalue weighted by Gasteiger charge is 2.28. The van der Waals surface area contributed by atoms with E-state index < -0.39 is 0 Å². The Balaban J connectivity index is 1.21. The molecule has 3 aromatic heterocycles. The Hall–Kier alpha value is -4.99. The second-order valence-electron chi connectivity index (χ2n) is 8.27. The summed E-state index contributed by atoms with van der Waals surface area (Å²) in [6.07, 6.45) is 5.35. The average Bonchev–Trinajstić information content (AvgIpc) is 3.54. The zero-order chi connectivity index (χ0) is 23.8. The molecule has 0 spiro atoms. The molecule has 1 fully saturated rings. The predicted molar refractivity (Wildman–Crippen MR) is 132 cm³/mol. The van der Waals surface area contributed by atoms with Crippen molar-refractivity contribution in [3.63, 3.8) is 0 Å². The fourth-order valence-corrected chi connectivity index (χ4v) is 4.02. The first-order valence-corrected chi connectivity index (χ1v) is 11.0. The first kappa shape index (κ1) is 20.6. The number of aromatic nitrogens is 5. The summed E-state index contributed by atoms with van der Waals surface area (Å²) in [5.41, 5.74) is 5.74. The minimum absolute atomic E-state index is 0.128. The van der Waals surface area contributed by atoms with Crippen molar-refractivity contribution in [1.82, 2.24) is 30.0 Å². The molecule has 0 radical (unpaired) electrons. The van der Waals surface area contributed by atoms with Crippen LogP contribution in [-0.4, -0.2) is 60.0 Å². The molecule has 1 saturated heterocycles. The molecule has 172 valence electrons. The number of anilines is 2. The Kier molecular flexibility index (Phi) is 4.95. The molecule has 5 aromatic rings. The number of carbonyl (C=O) groups excluding carboxylic acids is 1. The molecule has 1 aliphatic heterocycles. The van der Waals surface area contributed by atoms with Gasteiger partial charge in [-0.2, -0.15) is 5.10 Å². The van der Waals surface area contributed by atoms with E-state index in [9.17, 15) is 4.79 Å². The van der Waals surface area contributed by atoms with Gasteiger partial charge >= 0.3 is 0 Å². The van der Waals surface area contributed by atoms with Gasteiger partial charge in [0.05, 0.1) is 25.0 Å². The lowest BCUT2D eigenvalue weighted by molar-refractivity contribution is 0.0760. The van der Waals surface area contributed by atoms with Crippen molar-refractivity contribution in [3.05, 3.63) is 78.9 Å². The third-order valence-electron chi connectivity index (χ3n) is 5.93. The molecule has 10 heteroatoms. The van der Waals surface area contributed by atoms with Crippen LogP contribution in [0.4, 0.5) is 11.5 Å².